The second kappa shape index (κ2) is 8.22. The number of benzene rings is 2. The summed E-state index contributed by atoms with van der Waals surface area (Å²) in [7, 11) is 1.65. The van der Waals surface area contributed by atoms with Crippen molar-refractivity contribution in [1.29, 1.82) is 0 Å². The van der Waals surface area contributed by atoms with Gasteiger partial charge in [-0.25, -0.2) is 9.18 Å². The van der Waals surface area contributed by atoms with Crippen LogP contribution in [0.15, 0.2) is 57.7 Å². The number of thiophene rings is 1. The molecule has 0 atom stereocenters. The van der Waals surface area contributed by atoms with Gasteiger partial charge in [0.25, 0.3) is 0 Å². The molecular weight excluding hydrogens is 405 g/mol. The first-order valence-electron chi connectivity index (χ1n) is 9.13. The summed E-state index contributed by atoms with van der Waals surface area (Å²) < 4.78 is 24.9. The van der Waals surface area contributed by atoms with Gasteiger partial charge in [0.2, 0.25) is 0 Å². The van der Waals surface area contributed by atoms with Crippen molar-refractivity contribution in [1.82, 2.24) is 5.16 Å². The lowest BCUT2D eigenvalue weighted by Gasteiger charge is -2.10. The third-order valence-electron chi connectivity index (χ3n) is 4.84. The van der Waals surface area contributed by atoms with Crippen molar-refractivity contribution in [3.05, 3.63) is 75.7 Å². The van der Waals surface area contributed by atoms with Crippen LogP contribution < -0.4 is 0 Å². The smallest absolute Gasteiger partial charge is 0.338 e. The maximum Gasteiger partial charge on any atom is 0.338 e. The normalized spacial score (nSPS) is 11.0. The predicted octanol–water partition coefficient (Wildman–Crippen LogP) is 6.03. The molecule has 2 heterocycles. The van der Waals surface area contributed by atoms with Crippen LogP contribution in [-0.4, -0.2) is 23.3 Å². The monoisotopic (exact) mass is 423 g/mol. The Bertz CT molecular complexity index is 1230. The Morgan fingerprint density at radius 2 is 1.93 bits per heavy atom. The predicted molar refractivity (Wildman–Crippen MR) is 113 cm³/mol. The molecule has 2 aromatic heterocycles. The van der Waals surface area contributed by atoms with Gasteiger partial charge in [0.15, 0.2) is 5.76 Å². The minimum atomic E-state index is -1.31. The van der Waals surface area contributed by atoms with Gasteiger partial charge in [-0.15, -0.1) is 0 Å². The van der Waals surface area contributed by atoms with Gasteiger partial charge in [0.1, 0.15) is 11.5 Å². The molecule has 0 fully saturated rings. The number of hydrogen-bond donors (Lipinski definition) is 1. The molecule has 7 heteroatoms. The quantitative estimate of drug-likeness (QED) is 0.410. The third kappa shape index (κ3) is 3.77. The van der Waals surface area contributed by atoms with E-state index in [-0.39, 0.29) is 5.56 Å². The molecule has 30 heavy (non-hydrogen) atoms. The Kier molecular flexibility index (Phi) is 5.48. The maximum atomic E-state index is 14.0. The van der Waals surface area contributed by atoms with E-state index in [2.05, 4.69) is 22.8 Å². The van der Waals surface area contributed by atoms with Crippen LogP contribution in [0.1, 0.15) is 21.5 Å². The number of carboxylic acids is 1. The molecule has 152 valence electrons. The third-order valence-corrected chi connectivity index (χ3v) is 5.70. The van der Waals surface area contributed by atoms with E-state index in [1.54, 1.807) is 24.5 Å². The lowest BCUT2D eigenvalue weighted by Crippen LogP contribution is -2.00. The van der Waals surface area contributed by atoms with E-state index in [0.717, 1.165) is 22.8 Å². The van der Waals surface area contributed by atoms with E-state index in [4.69, 9.17) is 14.4 Å². The zero-order chi connectivity index (χ0) is 21.3. The number of nitrogens with zero attached hydrogens (tertiary/aromatic N) is 1. The molecule has 0 saturated carbocycles. The number of aromatic nitrogens is 1. The first kappa shape index (κ1) is 20.0. The van der Waals surface area contributed by atoms with Gasteiger partial charge in [-0.3, -0.25) is 0 Å². The number of halogens is 1. The Morgan fingerprint density at radius 1 is 1.13 bits per heavy atom. The fourth-order valence-electron chi connectivity index (χ4n) is 3.32. The van der Waals surface area contributed by atoms with Crippen molar-refractivity contribution < 1.29 is 23.6 Å². The van der Waals surface area contributed by atoms with Gasteiger partial charge in [0.05, 0.1) is 12.2 Å². The average Bonchev–Trinajstić information content (AvgIpc) is 3.37. The molecule has 0 aliphatic rings. The largest absolute Gasteiger partial charge is 0.478 e. The molecule has 0 spiro atoms. The lowest BCUT2D eigenvalue weighted by atomic mass is 9.96. The highest BCUT2D eigenvalue weighted by Crippen LogP contribution is 2.34. The molecule has 1 N–H and O–H groups in total. The number of aromatic carboxylic acids is 1. The summed E-state index contributed by atoms with van der Waals surface area (Å²) >= 11 is 1.66. The van der Waals surface area contributed by atoms with E-state index in [1.807, 2.05) is 18.2 Å². The SMILES string of the molecule is COCc1cc(-c2cc(-c3ccc(C(=O)O)c(F)c3)no2)ccc1-c1cscc1C. The number of ether oxygens (including phenoxy) is 1. The summed E-state index contributed by atoms with van der Waals surface area (Å²) in [6, 6.07) is 11.5. The highest BCUT2D eigenvalue weighted by Gasteiger charge is 2.16. The van der Waals surface area contributed by atoms with Crippen molar-refractivity contribution in [3.63, 3.8) is 0 Å². The first-order chi connectivity index (χ1) is 14.5. The lowest BCUT2D eigenvalue weighted by molar-refractivity contribution is 0.0692. The van der Waals surface area contributed by atoms with Crippen molar-refractivity contribution in [2.45, 2.75) is 13.5 Å². The van der Waals surface area contributed by atoms with E-state index < -0.39 is 11.8 Å². The Hall–Kier alpha value is -3.29. The van der Waals surface area contributed by atoms with E-state index >= 15 is 0 Å². The van der Waals surface area contributed by atoms with Gasteiger partial charge < -0.3 is 14.4 Å². The minimum Gasteiger partial charge on any atom is -0.478 e. The molecule has 0 bridgehead atoms. The molecule has 0 unspecified atom stereocenters. The molecule has 5 nitrogen and oxygen atoms in total. The summed E-state index contributed by atoms with van der Waals surface area (Å²) in [5.41, 5.74) is 5.80. The van der Waals surface area contributed by atoms with Gasteiger partial charge in [-0.1, -0.05) is 23.4 Å². The van der Waals surface area contributed by atoms with E-state index in [1.165, 1.54) is 23.3 Å². The Balaban J connectivity index is 1.70. The van der Waals surface area contributed by atoms with Crippen LogP contribution in [0.5, 0.6) is 0 Å². The highest BCUT2D eigenvalue weighted by atomic mass is 32.1. The average molecular weight is 423 g/mol. The second-order valence-electron chi connectivity index (χ2n) is 6.85. The zero-order valence-corrected chi connectivity index (χ0v) is 17.1. The fraction of sp³-hybridized carbons (Fsp3) is 0.130. The highest BCUT2D eigenvalue weighted by molar-refractivity contribution is 7.08. The van der Waals surface area contributed by atoms with Crippen LogP contribution in [0.2, 0.25) is 0 Å². The second-order valence-corrected chi connectivity index (χ2v) is 7.59. The topological polar surface area (TPSA) is 72.6 Å². The van der Waals surface area contributed by atoms with E-state index in [0.29, 0.717) is 23.6 Å². The van der Waals surface area contributed by atoms with Crippen LogP contribution in [0, 0.1) is 12.7 Å². The molecular formula is C23H18FNO4S. The van der Waals surface area contributed by atoms with Gasteiger partial charge in [0, 0.05) is 24.3 Å². The molecule has 0 amide bonds. The van der Waals surface area contributed by atoms with E-state index in [9.17, 15) is 9.18 Å². The molecule has 0 aliphatic carbocycles. The van der Waals surface area contributed by atoms with Crippen molar-refractivity contribution in [2.24, 2.45) is 0 Å². The zero-order valence-electron chi connectivity index (χ0n) is 16.3. The van der Waals surface area contributed by atoms with Crippen LogP contribution in [0.3, 0.4) is 0 Å². The molecule has 0 radical (unpaired) electrons. The summed E-state index contributed by atoms with van der Waals surface area (Å²) in [4.78, 5) is 11.0. The van der Waals surface area contributed by atoms with Gasteiger partial charge in [-0.2, -0.15) is 11.3 Å². The van der Waals surface area contributed by atoms with Crippen LogP contribution in [0.25, 0.3) is 33.7 Å². The van der Waals surface area contributed by atoms with Gasteiger partial charge >= 0.3 is 5.97 Å². The van der Waals surface area contributed by atoms with Crippen LogP contribution >= 0.6 is 11.3 Å². The first-order valence-corrected chi connectivity index (χ1v) is 10.1. The van der Waals surface area contributed by atoms with Crippen molar-refractivity contribution in [3.8, 4) is 33.7 Å². The van der Waals surface area contributed by atoms with Crippen LogP contribution in [-0.2, 0) is 11.3 Å². The number of carbonyl (C=O) groups is 1. The maximum absolute atomic E-state index is 14.0. The molecule has 4 aromatic rings. The number of methoxy groups -OCH3 is 1. The van der Waals surface area contributed by atoms with Crippen LogP contribution in [0.4, 0.5) is 4.39 Å². The number of hydrogen-bond acceptors (Lipinski definition) is 5. The Labute approximate surface area is 176 Å². The summed E-state index contributed by atoms with van der Waals surface area (Å²) in [6.45, 7) is 2.52. The fourth-order valence-corrected chi connectivity index (χ4v) is 4.16. The number of carboxylic acid groups (broad SMARTS) is 1. The molecule has 0 aliphatic heterocycles. The van der Waals surface area contributed by atoms with Crippen molar-refractivity contribution in [2.75, 3.05) is 7.11 Å². The number of aryl methyl sites for hydroxylation is 1. The molecule has 2 aromatic carbocycles. The molecule has 4 rings (SSSR count). The summed E-state index contributed by atoms with van der Waals surface area (Å²) in [5, 5.41) is 17.2. The van der Waals surface area contributed by atoms with Gasteiger partial charge in [-0.05, 0) is 58.1 Å². The summed E-state index contributed by atoms with van der Waals surface area (Å²) in [6.07, 6.45) is 0. The Morgan fingerprint density at radius 3 is 2.60 bits per heavy atom. The number of rotatable bonds is 6. The minimum absolute atomic E-state index is 0.383. The molecule has 0 saturated heterocycles. The summed E-state index contributed by atoms with van der Waals surface area (Å²) in [5.74, 6) is -1.60. The van der Waals surface area contributed by atoms with Crippen molar-refractivity contribution >= 4 is 17.3 Å². The standard InChI is InChI=1S/C23H18FNO4S/c1-13-11-30-12-19(13)17-5-4-15(7-16(17)10-28-2)22-9-21(25-29-22)14-3-6-18(23(26)27)20(24)8-14/h3-9,11-12H,10H2,1-2H3,(H,26,27).